The van der Waals surface area contributed by atoms with E-state index in [0.29, 0.717) is 23.9 Å². The second-order valence-corrected chi connectivity index (χ2v) is 12.1. The molecule has 0 bridgehead atoms. The zero-order valence-electron chi connectivity index (χ0n) is 25.4. The number of fused-ring (bicyclic) bond motifs is 2. The van der Waals surface area contributed by atoms with Gasteiger partial charge in [-0.15, -0.1) is 0 Å². The van der Waals surface area contributed by atoms with Crippen molar-refractivity contribution in [2.24, 2.45) is 0 Å². The highest BCUT2D eigenvalue weighted by atomic mass is 19.4. The Morgan fingerprint density at radius 3 is 2.40 bits per heavy atom. The smallest absolute Gasteiger partial charge is 0.417 e. The van der Waals surface area contributed by atoms with Crippen molar-refractivity contribution in [2.75, 3.05) is 50.1 Å². The molecule has 2 aliphatic rings. The van der Waals surface area contributed by atoms with Crippen molar-refractivity contribution >= 4 is 39.3 Å². The van der Waals surface area contributed by atoms with Gasteiger partial charge in [0.2, 0.25) is 11.9 Å². The van der Waals surface area contributed by atoms with Gasteiger partial charge in [0.05, 0.1) is 5.56 Å². The van der Waals surface area contributed by atoms with E-state index in [9.17, 15) is 23.1 Å². The number of aromatic nitrogens is 2. The highest BCUT2D eigenvalue weighted by Crippen LogP contribution is 2.46. The van der Waals surface area contributed by atoms with Crippen LogP contribution in [0.5, 0.6) is 5.75 Å². The summed E-state index contributed by atoms with van der Waals surface area (Å²) in [4.78, 5) is 29.2. The van der Waals surface area contributed by atoms with E-state index in [2.05, 4.69) is 16.5 Å². The minimum Gasteiger partial charge on any atom is -0.508 e. The quantitative estimate of drug-likeness (QED) is 0.227. The van der Waals surface area contributed by atoms with Crippen molar-refractivity contribution < 1.29 is 27.5 Å². The molecule has 0 saturated carbocycles. The molecule has 2 saturated heterocycles. The van der Waals surface area contributed by atoms with Crippen LogP contribution >= 0.6 is 0 Å². The SMILES string of the molecule is C=CC(=O)N1C[C@H](C)N(c2nc(N3CC(N(C)C)C3)nc3c(F)c(-c4cc(O)cc5ccccc45)c(C(F)(F)F)cc23)C[C@H]1C. The molecule has 0 spiro atoms. The summed E-state index contributed by atoms with van der Waals surface area (Å²) in [5.74, 6) is -1.29. The third-order valence-electron chi connectivity index (χ3n) is 8.91. The Labute approximate surface area is 258 Å². The number of anilines is 2. The first-order valence-electron chi connectivity index (χ1n) is 14.7. The van der Waals surface area contributed by atoms with Gasteiger partial charge in [-0.3, -0.25) is 4.79 Å². The van der Waals surface area contributed by atoms with Crippen LogP contribution in [0.4, 0.5) is 29.3 Å². The molecule has 12 heteroatoms. The lowest BCUT2D eigenvalue weighted by atomic mass is 9.91. The molecular formula is C33H34F4N6O2. The molecule has 2 aliphatic heterocycles. The largest absolute Gasteiger partial charge is 0.508 e. The summed E-state index contributed by atoms with van der Waals surface area (Å²) in [5.41, 5.74) is -2.22. The van der Waals surface area contributed by atoms with Crippen molar-refractivity contribution in [3.63, 3.8) is 0 Å². The van der Waals surface area contributed by atoms with E-state index in [1.54, 1.807) is 29.2 Å². The number of amides is 1. The van der Waals surface area contributed by atoms with Gasteiger partial charge in [0, 0.05) is 55.3 Å². The number of hydrogen-bond donors (Lipinski definition) is 1. The van der Waals surface area contributed by atoms with Gasteiger partial charge in [0.15, 0.2) is 5.82 Å². The predicted octanol–water partition coefficient (Wildman–Crippen LogP) is 5.68. The summed E-state index contributed by atoms with van der Waals surface area (Å²) in [7, 11) is 3.90. The zero-order chi connectivity index (χ0) is 32.4. The Bertz CT molecular complexity index is 1820. The second-order valence-electron chi connectivity index (χ2n) is 12.1. The van der Waals surface area contributed by atoms with E-state index in [4.69, 9.17) is 4.98 Å². The number of phenols is 1. The molecule has 0 unspecified atom stereocenters. The van der Waals surface area contributed by atoms with Gasteiger partial charge in [-0.1, -0.05) is 30.8 Å². The Hall–Kier alpha value is -4.45. The number of piperazine rings is 1. The van der Waals surface area contributed by atoms with Crippen molar-refractivity contribution in [2.45, 2.75) is 38.1 Å². The van der Waals surface area contributed by atoms with E-state index in [-0.39, 0.29) is 71.1 Å². The molecule has 8 nitrogen and oxygen atoms in total. The average Bonchev–Trinajstić information content (AvgIpc) is 2.95. The predicted molar refractivity (Wildman–Crippen MR) is 167 cm³/mol. The third-order valence-corrected chi connectivity index (χ3v) is 8.91. The van der Waals surface area contributed by atoms with Crippen LogP contribution in [0.1, 0.15) is 19.4 Å². The Morgan fingerprint density at radius 2 is 1.73 bits per heavy atom. The summed E-state index contributed by atoms with van der Waals surface area (Å²) < 4.78 is 61.6. The first-order chi connectivity index (χ1) is 21.3. The standard InChI is InChI=1S/C33H34F4N6O2/c1-6-27(45)42-14-19(3)43(15-18(42)2)31-25-13-26(33(35,36)37)28(24-12-22(44)11-20-9-7-8-10-23(20)24)29(34)30(25)38-32(39-31)41-16-21(17-41)40(4)5/h6-13,18-19,21,44H,1,14-17H2,2-5H3/t18-,19+/m1/s1. The monoisotopic (exact) mass is 622 g/mol. The zero-order valence-corrected chi connectivity index (χ0v) is 25.4. The number of nitrogens with zero attached hydrogens (tertiary/aromatic N) is 6. The van der Waals surface area contributed by atoms with Gasteiger partial charge in [0.1, 0.15) is 17.1 Å². The van der Waals surface area contributed by atoms with Crippen LogP contribution in [-0.4, -0.2) is 89.2 Å². The molecule has 0 aliphatic carbocycles. The number of halogens is 4. The van der Waals surface area contributed by atoms with Gasteiger partial charge in [-0.25, -0.2) is 9.37 Å². The van der Waals surface area contributed by atoms with Crippen LogP contribution in [-0.2, 0) is 11.0 Å². The molecule has 3 heterocycles. The average molecular weight is 623 g/mol. The minimum absolute atomic E-state index is 0.0796. The topological polar surface area (TPSA) is 76.0 Å². The highest BCUT2D eigenvalue weighted by molar-refractivity contribution is 6.03. The lowest BCUT2D eigenvalue weighted by Gasteiger charge is -2.45. The van der Waals surface area contributed by atoms with Crippen LogP contribution in [0.15, 0.2) is 55.1 Å². The van der Waals surface area contributed by atoms with Crippen molar-refractivity contribution in [1.29, 1.82) is 0 Å². The molecule has 3 aromatic carbocycles. The summed E-state index contributed by atoms with van der Waals surface area (Å²) in [6, 6.07) is 9.63. The molecule has 0 radical (unpaired) electrons. The summed E-state index contributed by atoms with van der Waals surface area (Å²) in [5, 5.41) is 11.2. The molecule has 2 fully saturated rings. The number of hydrogen-bond acceptors (Lipinski definition) is 7. The van der Waals surface area contributed by atoms with Crippen LogP contribution in [0.2, 0.25) is 0 Å². The maximum Gasteiger partial charge on any atom is 0.417 e. The number of phenolic OH excluding ortho intramolecular Hbond substituents is 1. The van der Waals surface area contributed by atoms with Crippen molar-refractivity contribution in [3.05, 3.63) is 66.5 Å². The second kappa shape index (κ2) is 11.2. The number of carbonyl (C=O) groups is 1. The first-order valence-corrected chi connectivity index (χ1v) is 14.7. The van der Waals surface area contributed by atoms with Gasteiger partial charge in [-0.05, 0) is 68.6 Å². The van der Waals surface area contributed by atoms with Crippen LogP contribution in [0.25, 0.3) is 32.8 Å². The lowest BCUT2D eigenvalue weighted by molar-refractivity contribution is -0.137. The van der Waals surface area contributed by atoms with E-state index < -0.39 is 23.1 Å². The minimum atomic E-state index is -4.95. The molecular weight excluding hydrogens is 588 g/mol. The van der Waals surface area contributed by atoms with Crippen molar-refractivity contribution in [1.82, 2.24) is 19.8 Å². The number of likely N-dealkylation sites (N-methyl/N-ethyl adjacent to an activating group) is 1. The number of carbonyl (C=O) groups excluding carboxylic acids is 1. The van der Waals surface area contributed by atoms with Crippen molar-refractivity contribution in [3.8, 4) is 16.9 Å². The number of alkyl halides is 3. The molecule has 1 N–H and O–H groups in total. The number of rotatable bonds is 5. The lowest BCUT2D eigenvalue weighted by Crippen LogP contribution is -2.59. The van der Waals surface area contributed by atoms with Gasteiger partial charge >= 0.3 is 6.18 Å². The Morgan fingerprint density at radius 1 is 1.02 bits per heavy atom. The summed E-state index contributed by atoms with van der Waals surface area (Å²) >= 11 is 0. The number of benzene rings is 3. The van der Waals surface area contributed by atoms with Crippen LogP contribution < -0.4 is 9.80 Å². The molecule has 45 heavy (non-hydrogen) atoms. The molecule has 236 valence electrons. The fraction of sp³-hybridized carbons (Fsp3) is 0.364. The van der Waals surface area contributed by atoms with Crippen LogP contribution in [0.3, 0.4) is 0 Å². The van der Waals surface area contributed by atoms with Gasteiger partial charge < -0.3 is 24.7 Å². The molecule has 6 rings (SSSR count). The Balaban J connectivity index is 1.62. The normalized spacial score (nSPS) is 19.4. The van der Waals surface area contributed by atoms with E-state index >= 15 is 4.39 Å². The van der Waals surface area contributed by atoms with E-state index in [1.165, 1.54) is 12.1 Å². The summed E-state index contributed by atoms with van der Waals surface area (Å²) in [6.45, 7) is 8.94. The fourth-order valence-corrected chi connectivity index (χ4v) is 6.34. The highest BCUT2D eigenvalue weighted by Gasteiger charge is 2.40. The van der Waals surface area contributed by atoms with Gasteiger partial charge in [-0.2, -0.15) is 18.2 Å². The van der Waals surface area contributed by atoms with E-state index in [0.717, 1.165) is 12.1 Å². The molecule has 2 atom stereocenters. The summed E-state index contributed by atoms with van der Waals surface area (Å²) in [6.07, 6.45) is -3.71. The fourth-order valence-electron chi connectivity index (χ4n) is 6.34. The molecule has 4 aromatic rings. The maximum atomic E-state index is 16.9. The number of aromatic hydroxyl groups is 1. The Kier molecular flexibility index (Phi) is 7.59. The molecule has 1 amide bonds. The first kappa shape index (κ1) is 30.6. The van der Waals surface area contributed by atoms with Gasteiger partial charge in [0.25, 0.3) is 0 Å². The van der Waals surface area contributed by atoms with Crippen LogP contribution in [0, 0.1) is 5.82 Å². The third kappa shape index (κ3) is 5.30. The maximum absolute atomic E-state index is 16.9. The van der Waals surface area contributed by atoms with E-state index in [1.807, 2.05) is 37.7 Å². The molecule has 1 aromatic heterocycles.